The summed E-state index contributed by atoms with van der Waals surface area (Å²) < 4.78 is 37.5. The van der Waals surface area contributed by atoms with Gasteiger partial charge in [0.15, 0.2) is 0 Å². The molecule has 1 rings (SSSR count). The van der Waals surface area contributed by atoms with Gasteiger partial charge in [0.25, 0.3) is 0 Å². The Morgan fingerprint density at radius 3 is 2.44 bits per heavy atom. The van der Waals surface area contributed by atoms with Gasteiger partial charge in [0, 0.05) is 31.6 Å². The summed E-state index contributed by atoms with van der Waals surface area (Å²) in [5.74, 6) is -0.268. The molecule has 0 spiro atoms. The zero-order valence-corrected chi connectivity index (χ0v) is 11.6. The molecule has 1 heterocycles. The minimum atomic E-state index is -4.04. The van der Waals surface area contributed by atoms with Crippen molar-refractivity contribution in [3.05, 3.63) is 0 Å². The van der Waals surface area contributed by atoms with E-state index in [4.69, 9.17) is 0 Å². The van der Waals surface area contributed by atoms with Gasteiger partial charge in [-0.25, -0.2) is 0 Å². The highest BCUT2D eigenvalue weighted by molar-refractivity contribution is 4.85. The zero-order chi connectivity index (χ0) is 13.8. The van der Waals surface area contributed by atoms with Crippen molar-refractivity contribution in [3.8, 4) is 0 Å². The van der Waals surface area contributed by atoms with Gasteiger partial charge in [-0.2, -0.15) is 13.2 Å². The SMILES string of the molecule is CCCNC1CC(CC(F)(F)F)CN(C(C)C)C1. The molecule has 0 bridgehead atoms. The average Bonchev–Trinajstić information content (AvgIpc) is 2.23. The molecule has 1 fully saturated rings. The van der Waals surface area contributed by atoms with Crippen LogP contribution in [0.4, 0.5) is 13.2 Å². The Morgan fingerprint density at radius 1 is 1.28 bits per heavy atom. The van der Waals surface area contributed by atoms with E-state index >= 15 is 0 Å². The van der Waals surface area contributed by atoms with Crippen molar-refractivity contribution in [3.63, 3.8) is 0 Å². The molecule has 0 amide bonds. The number of halogens is 3. The van der Waals surface area contributed by atoms with Gasteiger partial charge in [-0.15, -0.1) is 0 Å². The smallest absolute Gasteiger partial charge is 0.313 e. The summed E-state index contributed by atoms with van der Waals surface area (Å²) >= 11 is 0. The molecule has 1 aliphatic rings. The van der Waals surface area contributed by atoms with E-state index < -0.39 is 12.6 Å². The third kappa shape index (κ3) is 5.57. The fourth-order valence-electron chi connectivity index (χ4n) is 2.63. The molecular weight excluding hydrogens is 241 g/mol. The van der Waals surface area contributed by atoms with Crippen LogP contribution in [-0.2, 0) is 0 Å². The second kappa shape index (κ2) is 6.75. The van der Waals surface area contributed by atoms with E-state index in [2.05, 4.69) is 17.1 Å². The second-order valence-electron chi connectivity index (χ2n) is 5.62. The van der Waals surface area contributed by atoms with E-state index in [-0.39, 0.29) is 12.0 Å². The summed E-state index contributed by atoms with van der Waals surface area (Å²) in [7, 11) is 0. The molecule has 0 aromatic heterocycles. The van der Waals surface area contributed by atoms with E-state index in [1.807, 2.05) is 13.8 Å². The van der Waals surface area contributed by atoms with Gasteiger partial charge in [-0.05, 0) is 39.2 Å². The van der Waals surface area contributed by atoms with Crippen molar-refractivity contribution in [2.24, 2.45) is 5.92 Å². The summed E-state index contributed by atoms with van der Waals surface area (Å²) in [6.07, 6.45) is -3.04. The van der Waals surface area contributed by atoms with Gasteiger partial charge in [0.1, 0.15) is 0 Å². The summed E-state index contributed by atoms with van der Waals surface area (Å²) in [4.78, 5) is 2.16. The van der Waals surface area contributed by atoms with E-state index in [0.29, 0.717) is 19.0 Å². The summed E-state index contributed by atoms with van der Waals surface area (Å²) in [6.45, 7) is 8.49. The lowest BCUT2D eigenvalue weighted by Crippen LogP contribution is -2.52. The highest BCUT2D eigenvalue weighted by Crippen LogP contribution is 2.30. The monoisotopic (exact) mass is 266 g/mol. The number of likely N-dealkylation sites (tertiary alicyclic amines) is 1. The van der Waals surface area contributed by atoms with Crippen LogP contribution in [0, 0.1) is 5.92 Å². The number of hydrogen-bond donors (Lipinski definition) is 1. The number of alkyl halides is 3. The van der Waals surface area contributed by atoms with Crippen LogP contribution in [0.5, 0.6) is 0 Å². The summed E-state index contributed by atoms with van der Waals surface area (Å²) in [6, 6.07) is 0.514. The lowest BCUT2D eigenvalue weighted by atomic mass is 9.90. The predicted molar refractivity (Wildman–Crippen MR) is 67.6 cm³/mol. The van der Waals surface area contributed by atoms with Crippen molar-refractivity contribution in [2.75, 3.05) is 19.6 Å². The van der Waals surface area contributed by atoms with Gasteiger partial charge in [-0.1, -0.05) is 6.92 Å². The maximum Gasteiger partial charge on any atom is 0.389 e. The van der Waals surface area contributed by atoms with Crippen molar-refractivity contribution < 1.29 is 13.2 Å². The molecule has 18 heavy (non-hydrogen) atoms. The van der Waals surface area contributed by atoms with Crippen molar-refractivity contribution in [1.82, 2.24) is 10.2 Å². The molecule has 2 unspecified atom stereocenters. The molecule has 108 valence electrons. The highest BCUT2D eigenvalue weighted by atomic mass is 19.4. The topological polar surface area (TPSA) is 15.3 Å². The molecule has 1 saturated heterocycles. The van der Waals surface area contributed by atoms with Gasteiger partial charge in [0.2, 0.25) is 0 Å². The maximum atomic E-state index is 12.5. The van der Waals surface area contributed by atoms with Gasteiger partial charge < -0.3 is 5.32 Å². The number of nitrogens with one attached hydrogen (secondary N) is 1. The minimum Gasteiger partial charge on any atom is -0.313 e. The lowest BCUT2D eigenvalue weighted by Gasteiger charge is -2.40. The molecular formula is C13H25F3N2. The number of hydrogen-bond acceptors (Lipinski definition) is 2. The van der Waals surface area contributed by atoms with Gasteiger partial charge in [-0.3, -0.25) is 4.90 Å². The van der Waals surface area contributed by atoms with Crippen molar-refractivity contribution >= 4 is 0 Å². The zero-order valence-electron chi connectivity index (χ0n) is 11.6. The molecule has 0 saturated carbocycles. The largest absolute Gasteiger partial charge is 0.389 e. The van der Waals surface area contributed by atoms with E-state index in [1.54, 1.807) is 0 Å². The van der Waals surface area contributed by atoms with Crippen LogP contribution >= 0.6 is 0 Å². The Bertz CT molecular complexity index is 241. The van der Waals surface area contributed by atoms with E-state index in [9.17, 15) is 13.2 Å². The Labute approximate surface area is 108 Å². The quantitative estimate of drug-likeness (QED) is 0.823. The number of rotatable bonds is 5. The van der Waals surface area contributed by atoms with Gasteiger partial charge >= 0.3 is 6.18 Å². The molecule has 2 nitrogen and oxygen atoms in total. The van der Waals surface area contributed by atoms with Crippen LogP contribution in [0.3, 0.4) is 0 Å². The van der Waals surface area contributed by atoms with Crippen LogP contribution in [0.2, 0.25) is 0 Å². The maximum absolute atomic E-state index is 12.5. The molecule has 0 aromatic carbocycles. The van der Waals surface area contributed by atoms with Crippen molar-refractivity contribution in [2.45, 2.75) is 58.3 Å². The summed E-state index contributed by atoms with van der Waals surface area (Å²) in [5, 5.41) is 3.36. The van der Waals surface area contributed by atoms with Crippen LogP contribution in [0.25, 0.3) is 0 Å². The summed E-state index contributed by atoms with van der Waals surface area (Å²) in [5.41, 5.74) is 0. The van der Waals surface area contributed by atoms with Crippen LogP contribution in [-0.4, -0.2) is 42.8 Å². The van der Waals surface area contributed by atoms with Crippen LogP contribution in [0.1, 0.15) is 40.0 Å². The van der Waals surface area contributed by atoms with Gasteiger partial charge in [0.05, 0.1) is 0 Å². The minimum absolute atomic E-state index is 0.202. The first-order valence-corrected chi connectivity index (χ1v) is 6.86. The molecule has 0 radical (unpaired) electrons. The molecule has 5 heteroatoms. The molecule has 1 aliphatic heterocycles. The first-order valence-electron chi connectivity index (χ1n) is 6.86. The van der Waals surface area contributed by atoms with E-state index in [1.165, 1.54) is 0 Å². The second-order valence-corrected chi connectivity index (χ2v) is 5.62. The highest BCUT2D eigenvalue weighted by Gasteiger charge is 2.36. The molecule has 1 N–H and O–H groups in total. The first kappa shape index (κ1) is 15.8. The normalized spacial score (nSPS) is 26.8. The molecule has 2 atom stereocenters. The van der Waals surface area contributed by atoms with Crippen molar-refractivity contribution in [1.29, 1.82) is 0 Å². The lowest BCUT2D eigenvalue weighted by molar-refractivity contribution is -0.149. The standard InChI is InChI=1S/C13H25F3N2/c1-4-5-17-12-6-11(7-13(14,15)16)8-18(9-12)10(2)3/h10-12,17H,4-9H2,1-3H3. The van der Waals surface area contributed by atoms with Crippen LogP contribution in [0.15, 0.2) is 0 Å². The Morgan fingerprint density at radius 2 is 1.94 bits per heavy atom. The first-order chi connectivity index (χ1) is 8.31. The Hall–Kier alpha value is -0.290. The third-order valence-electron chi connectivity index (χ3n) is 3.50. The Balaban J connectivity index is 2.56. The predicted octanol–water partition coefficient (Wildman–Crippen LogP) is 3.04. The molecule has 0 aliphatic carbocycles. The number of piperidine rings is 1. The fourth-order valence-corrected chi connectivity index (χ4v) is 2.63. The van der Waals surface area contributed by atoms with Crippen LogP contribution < -0.4 is 5.32 Å². The van der Waals surface area contributed by atoms with E-state index in [0.717, 1.165) is 19.5 Å². The Kier molecular flexibility index (Phi) is 5.92. The third-order valence-corrected chi connectivity index (χ3v) is 3.50. The molecule has 0 aromatic rings. The number of nitrogens with zero attached hydrogens (tertiary/aromatic N) is 1. The fraction of sp³-hybridized carbons (Fsp3) is 1.00. The average molecular weight is 266 g/mol.